The highest BCUT2D eigenvalue weighted by molar-refractivity contribution is 5.85. The van der Waals surface area contributed by atoms with E-state index in [0.717, 1.165) is 19.3 Å². The molecule has 1 heterocycles. The van der Waals surface area contributed by atoms with Crippen LogP contribution in [0.15, 0.2) is 0 Å². The van der Waals surface area contributed by atoms with Gasteiger partial charge in [0.1, 0.15) is 6.04 Å². The SMILES string of the molecule is CCOC(=O)C1CCC(CC)N1C(=O)CC. The Morgan fingerprint density at radius 3 is 2.44 bits per heavy atom. The summed E-state index contributed by atoms with van der Waals surface area (Å²) in [6.07, 6.45) is 3.00. The van der Waals surface area contributed by atoms with Gasteiger partial charge in [-0.05, 0) is 26.2 Å². The van der Waals surface area contributed by atoms with Crippen LogP contribution in [-0.2, 0) is 14.3 Å². The first kappa shape index (κ1) is 13.0. The second-order valence-electron chi connectivity index (χ2n) is 4.06. The minimum absolute atomic E-state index is 0.0578. The second-order valence-corrected chi connectivity index (χ2v) is 4.06. The van der Waals surface area contributed by atoms with Crippen LogP contribution in [-0.4, -0.2) is 35.5 Å². The molecule has 1 fully saturated rings. The average molecular weight is 227 g/mol. The molecule has 2 atom stereocenters. The van der Waals surface area contributed by atoms with Crippen molar-refractivity contribution in [2.75, 3.05) is 6.61 Å². The topological polar surface area (TPSA) is 46.6 Å². The highest BCUT2D eigenvalue weighted by Crippen LogP contribution is 2.27. The number of amides is 1. The van der Waals surface area contributed by atoms with Crippen molar-refractivity contribution in [3.63, 3.8) is 0 Å². The Hall–Kier alpha value is -1.06. The van der Waals surface area contributed by atoms with E-state index in [1.807, 2.05) is 13.8 Å². The molecule has 0 aliphatic carbocycles. The molecule has 16 heavy (non-hydrogen) atoms. The van der Waals surface area contributed by atoms with Crippen LogP contribution in [0, 0.1) is 0 Å². The Morgan fingerprint density at radius 2 is 1.94 bits per heavy atom. The summed E-state index contributed by atoms with van der Waals surface area (Å²) in [5, 5.41) is 0. The third-order valence-electron chi connectivity index (χ3n) is 3.12. The first-order valence-corrected chi connectivity index (χ1v) is 6.13. The van der Waals surface area contributed by atoms with E-state index >= 15 is 0 Å². The van der Waals surface area contributed by atoms with Gasteiger partial charge in [-0.3, -0.25) is 4.79 Å². The molecule has 0 spiro atoms. The summed E-state index contributed by atoms with van der Waals surface area (Å²) < 4.78 is 5.01. The second kappa shape index (κ2) is 5.87. The zero-order chi connectivity index (χ0) is 12.1. The van der Waals surface area contributed by atoms with E-state index < -0.39 is 0 Å². The fraction of sp³-hybridized carbons (Fsp3) is 0.833. The molecule has 4 nitrogen and oxygen atoms in total. The number of likely N-dealkylation sites (tertiary alicyclic amines) is 1. The summed E-state index contributed by atoms with van der Waals surface area (Å²) in [6, 6.07) is -0.140. The number of carbonyl (C=O) groups is 2. The minimum atomic E-state index is -0.350. The van der Waals surface area contributed by atoms with E-state index in [4.69, 9.17) is 4.74 Å². The molecule has 1 amide bonds. The lowest BCUT2D eigenvalue weighted by molar-refractivity contribution is -0.154. The smallest absolute Gasteiger partial charge is 0.328 e. The van der Waals surface area contributed by atoms with Crippen molar-refractivity contribution in [2.24, 2.45) is 0 Å². The molecular weight excluding hydrogens is 206 g/mol. The molecule has 0 radical (unpaired) electrons. The summed E-state index contributed by atoms with van der Waals surface area (Å²) in [5.41, 5.74) is 0. The molecule has 1 aliphatic heterocycles. The third kappa shape index (κ3) is 2.54. The van der Waals surface area contributed by atoms with Gasteiger partial charge in [-0.1, -0.05) is 13.8 Å². The Morgan fingerprint density at radius 1 is 1.25 bits per heavy atom. The molecule has 0 aromatic heterocycles. The zero-order valence-corrected chi connectivity index (χ0v) is 10.4. The zero-order valence-electron chi connectivity index (χ0n) is 10.4. The quantitative estimate of drug-likeness (QED) is 0.687. The predicted molar refractivity (Wildman–Crippen MR) is 60.9 cm³/mol. The molecule has 0 saturated carbocycles. The summed E-state index contributed by atoms with van der Waals surface area (Å²) >= 11 is 0. The Bertz CT molecular complexity index is 265. The molecule has 4 heteroatoms. The number of rotatable bonds is 4. The predicted octanol–water partition coefficient (Wildman–Crippen LogP) is 1.73. The summed E-state index contributed by atoms with van der Waals surface area (Å²) in [4.78, 5) is 25.3. The number of hydrogen-bond donors (Lipinski definition) is 0. The van der Waals surface area contributed by atoms with Gasteiger partial charge in [0.2, 0.25) is 5.91 Å². The Labute approximate surface area is 96.9 Å². The summed E-state index contributed by atoms with van der Waals surface area (Å²) in [5.74, 6) is -0.192. The Balaban J connectivity index is 2.76. The maximum atomic E-state index is 11.8. The molecule has 2 unspecified atom stereocenters. The van der Waals surface area contributed by atoms with Crippen molar-refractivity contribution in [3.8, 4) is 0 Å². The van der Waals surface area contributed by atoms with Crippen LogP contribution in [0.25, 0.3) is 0 Å². The van der Waals surface area contributed by atoms with E-state index in [1.54, 1.807) is 11.8 Å². The van der Waals surface area contributed by atoms with E-state index in [9.17, 15) is 9.59 Å². The standard InChI is InChI=1S/C12H21NO3/c1-4-9-7-8-10(12(15)16-6-3)13(9)11(14)5-2/h9-10H,4-8H2,1-3H3. The fourth-order valence-electron chi connectivity index (χ4n) is 2.31. The van der Waals surface area contributed by atoms with Gasteiger partial charge in [-0.25, -0.2) is 4.79 Å². The van der Waals surface area contributed by atoms with Gasteiger partial charge >= 0.3 is 5.97 Å². The first-order valence-electron chi connectivity index (χ1n) is 6.13. The van der Waals surface area contributed by atoms with Crippen molar-refractivity contribution in [2.45, 2.75) is 58.5 Å². The van der Waals surface area contributed by atoms with E-state index in [2.05, 4.69) is 0 Å². The van der Waals surface area contributed by atoms with Gasteiger partial charge in [-0.2, -0.15) is 0 Å². The molecule has 1 aliphatic rings. The lowest BCUT2D eigenvalue weighted by Gasteiger charge is -2.28. The number of ether oxygens (including phenoxy) is 1. The maximum Gasteiger partial charge on any atom is 0.328 e. The number of hydrogen-bond acceptors (Lipinski definition) is 3. The van der Waals surface area contributed by atoms with Crippen LogP contribution >= 0.6 is 0 Å². The largest absolute Gasteiger partial charge is 0.464 e. The van der Waals surface area contributed by atoms with Crippen LogP contribution in [0.3, 0.4) is 0 Å². The lowest BCUT2D eigenvalue weighted by atomic mass is 10.1. The average Bonchev–Trinajstić information content (AvgIpc) is 2.71. The normalized spacial score (nSPS) is 24.6. The van der Waals surface area contributed by atoms with Crippen LogP contribution < -0.4 is 0 Å². The molecule has 0 bridgehead atoms. The van der Waals surface area contributed by atoms with Crippen LogP contribution in [0.4, 0.5) is 0 Å². The highest BCUT2D eigenvalue weighted by atomic mass is 16.5. The highest BCUT2D eigenvalue weighted by Gasteiger charge is 2.39. The lowest BCUT2D eigenvalue weighted by Crippen LogP contribution is -2.45. The summed E-state index contributed by atoms with van der Waals surface area (Å²) in [7, 11) is 0. The number of carbonyl (C=O) groups excluding carboxylic acids is 2. The van der Waals surface area contributed by atoms with Crippen LogP contribution in [0.5, 0.6) is 0 Å². The van der Waals surface area contributed by atoms with Gasteiger partial charge < -0.3 is 9.64 Å². The molecule has 1 rings (SSSR count). The van der Waals surface area contributed by atoms with Gasteiger partial charge in [0.25, 0.3) is 0 Å². The summed E-state index contributed by atoms with van der Waals surface area (Å²) in [6.45, 7) is 6.04. The van der Waals surface area contributed by atoms with Crippen molar-refractivity contribution in [3.05, 3.63) is 0 Å². The van der Waals surface area contributed by atoms with E-state index in [0.29, 0.717) is 13.0 Å². The molecule has 0 N–H and O–H groups in total. The number of nitrogens with zero attached hydrogens (tertiary/aromatic N) is 1. The van der Waals surface area contributed by atoms with Gasteiger partial charge in [0, 0.05) is 12.5 Å². The minimum Gasteiger partial charge on any atom is -0.464 e. The third-order valence-corrected chi connectivity index (χ3v) is 3.12. The monoisotopic (exact) mass is 227 g/mol. The first-order chi connectivity index (χ1) is 7.65. The molecular formula is C12H21NO3. The molecule has 92 valence electrons. The Kier molecular flexibility index (Phi) is 4.77. The fourth-order valence-corrected chi connectivity index (χ4v) is 2.31. The van der Waals surface area contributed by atoms with Crippen LogP contribution in [0.2, 0.25) is 0 Å². The van der Waals surface area contributed by atoms with Crippen molar-refractivity contribution in [1.82, 2.24) is 4.90 Å². The van der Waals surface area contributed by atoms with Crippen LogP contribution in [0.1, 0.15) is 46.5 Å². The molecule has 0 aromatic carbocycles. The molecule has 1 saturated heterocycles. The van der Waals surface area contributed by atoms with E-state index in [-0.39, 0.29) is 24.0 Å². The van der Waals surface area contributed by atoms with Crippen molar-refractivity contribution < 1.29 is 14.3 Å². The van der Waals surface area contributed by atoms with Gasteiger partial charge in [-0.15, -0.1) is 0 Å². The molecule has 0 aromatic rings. The maximum absolute atomic E-state index is 11.8. The van der Waals surface area contributed by atoms with Gasteiger partial charge in [0.15, 0.2) is 0 Å². The van der Waals surface area contributed by atoms with Crippen molar-refractivity contribution >= 4 is 11.9 Å². The van der Waals surface area contributed by atoms with Crippen molar-refractivity contribution in [1.29, 1.82) is 0 Å². The van der Waals surface area contributed by atoms with E-state index in [1.165, 1.54) is 0 Å². The van der Waals surface area contributed by atoms with Gasteiger partial charge in [0.05, 0.1) is 6.61 Å². The number of esters is 1.